The van der Waals surface area contributed by atoms with Crippen LogP contribution < -0.4 is 15.4 Å². The number of nitrogens with zero attached hydrogens (tertiary/aromatic N) is 3. The Morgan fingerprint density at radius 3 is 2.65 bits per heavy atom. The van der Waals surface area contributed by atoms with Crippen LogP contribution in [0.5, 0.6) is 5.88 Å². The summed E-state index contributed by atoms with van der Waals surface area (Å²) in [5.74, 6) is 1.56. The molecule has 0 atom stereocenters. The summed E-state index contributed by atoms with van der Waals surface area (Å²) in [6, 6.07) is 4.77. The minimum absolute atomic E-state index is 0.578. The lowest BCUT2D eigenvalue weighted by atomic mass is 10.3. The van der Waals surface area contributed by atoms with Gasteiger partial charge < -0.3 is 15.4 Å². The number of aromatic nitrogens is 1. The topological polar surface area (TPSA) is 54.6 Å². The number of nitrogens with two attached hydrogens (primary N) is 1. The molecule has 0 radical (unpaired) electrons. The molecule has 2 heterocycles. The van der Waals surface area contributed by atoms with Gasteiger partial charge in [0.15, 0.2) is 0 Å². The van der Waals surface area contributed by atoms with E-state index in [1.807, 2.05) is 12.1 Å². The number of hydrogen-bond acceptors (Lipinski definition) is 5. The zero-order chi connectivity index (χ0) is 13.9. The van der Waals surface area contributed by atoms with Gasteiger partial charge in [-0.1, -0.05) is 6.92 Å². The molecule has 2 aliphatic rings. The highest BCUT2D eigenvalue weighted by molar-refractivity contribution is 5.54. The molecule has 1 aliphatic carbocycles. The van der Waals surface area contributed by atoms with Crippen LogP contribution in [-0.2, 0) is 0 Å². The third-order valence-corrected chi connectivity index (χ3v) is 4.02. The SMILES string of the molecule is CCCOc1nc(N2CCN(C3CC3)CC2)ccc1N. The summed E-state index contributed by atoms with van der Waals surface area (Å²) >= 11 is 0. The van der Waals surface area contributed by atoms with Gasteiger partial charge in [0, 0.05) is 32.2 Å². The van der Waals surface area contributed by atoms with E-state index in [0.717, 1.165) is 44.5 Å². The number of ether oxygens (including phenoxy) is 1. The highest BCUT2D eigenvalue weighted by Gasteiger charge is 2.31. The Bertz CT molecular complexity index is 453. The molecule has 0 aromatic carbocycles. The third kappa shape index (κ3) is 2.98. The van der Waals surface area contributed by atoms with Crippen LogP contribution in [0.4, 0.5) is 11.5 Å². The van der Waals surface area contributed by atoms with Crippen LogP contribution in [0.25, 0.3) is 0 Å². The maximum Gasteiger partial charge on any atom is 0.239 e. The maximum absolute atomic E-state index is 5.92. The number of pyridine rings is 1. The Balaban J connectivity index is 1.64. The van der Waals surface area contributed by atoms with Gasteiger partial charge >= 0.3 is 0 Å². The molecule has 5 heteroatoms. The van der Waals surface area contributed by atoms with Crippen LogP contribution >= 0.6 is 0 Å². The predicted molar refractivity (Wildman–Crippen MR) is 81.2 cm³/mol. The first kappa shape index (κ1) is 13.5. The number of hydrogen-bond donors (Lipinski definition) is 1. The van der Waals surface area contributed by atoms with E-state index in [1.165, 1.54) is 12.8 Å². The van der Waals surface area contributed by atoms with E-state index < -0.39 is 0 Å². The lowest BCUT2D eigenvalue weighted by molar-refractivity contribution is 0.247. The number of rotatable bonds is 5. The lowest BCUT2D eigenvalue weighted by Gasteiger charge is -2.35. The van der Waals surface area contributed by atoms with Crippen molar-refractivity contribution in [2.24, 2.45) is 0 Å². The fourth-order valence-corrected chi connectivity index (χ4v) is 2.69. The molecule has 0 bridgehead atoms. The first-order valence-electron chi connectivity index (χ1n) is 7.66. The van der Waals surface area contributed by atoms with Crippen LogP contribution in [0.3, 0.4) is 0 Å². The van der Waals surface area contributed by atoms with Crippen molar-refractivity contribution < 1.29 is 4.74 Å². The van der Waals surface area contributed by atoms with Gasteiger partial charge in [-0.3, -0.25) is 4.90 Å². The molecule has 1 saturated heterocycles. The molecule has 2 N–H and O–H groups in total. The Labute approximate surface area is 120 Å². The molecular weight excluding hydrogens is 252 g/mol. The summed E-state index contributed by atoms with van der Waals surface area (Å²) in [5.41, 5.74) is 6.54. The zero-order valence-corrected chi connectivity index (χ0v) is 12.2. The molecule has 1 aromatic heterocycles. The molecule has 2 fully saturated rings. The summed E-state index contributed by atoms with van der Waals surface area (Å²) in [6.07, 6.45) is 3.73. The molecule has 1 aliphatic heterocycles. The second-order valence-electron chi connectivity index (χ2n) is 5.67. The van der Waals surface area contributed by atoms with E-state index in [-0.39, 0.29) is 0 Å². The molecule has 1 aromatic rings. The van der Waals surface area contributed by atoms with Gasteiger partial charge in [0.1, 0.15) is 5.82 Å². The third-order valence-electron chi connectivity index (χ3n) is 4.02. The van der Waals surface area contributed by atoms with Gasteiger partial charge in [-0.15, -0.1) is 0 Å². The van der Waals surface area contributed by atoms with Crippen molar-refractivity contribution in [3.63, 3.8) is 0 Å². The van der Waals surface area contributed by atoms with Crippen LogP contribution in [0.15, 0.2) is 12.1 Å². The second kappa shape index (κ2) is 5.87. The van der Waals surface area contributed by atoms with Crippen molar-refractivity contribution in [1.29, 1.82) is 0 Å². The highest BCUT2D eigenvalue weighted by Crippen LogP contribution is 2.29. The smallest absolute Gasteiger partial charge is 0.239 e. The molecule has 0 unspecified atom stereocenters. The molecule has 0 spiro atoms. The average molecular weight is 276 g/mol. The number of piperazine rings is 1. The molecule has 110 valence electrons. The van der Waals surface area contributed by atoms with Crippen LogP contribution in [-0.4, -0.2) is 48.7 Å². The van der Waals surface area contributed by atoms with Gasteiger partial charge in [0.25, 0.3) is 0 Å². The van der Waals surface area contributed by atoms with E-state index in [0.29, 0.717) is 18.2 Å². The van der Waals surface area contributed by atoms with Crippen molar-refractivity contribution in [1.82, 2.24) is 9.88 Å². The zero-order valence-electron chi connectivity index (χ0n) is 12.2. The standard InChI is InChI=1S/C15H24N4O/c1-2-11-20-15-13(16)5-6-14(17-15)19-9-7-18(8-10-19)12-3-4-12/h5-6,12H,2-4,7-11,16H2,1H3. The van der Waals surface area contributed by atoms with Crippen molar-refractivity contribution in [2.75, 3.05) is 43.4 Å². The summed E-state index contributed by atoms with van der Waals surface area (Å²) in [4.78, 5) is 9.51. The van der Waals surface area contributed by atoms with E-state index in [2.05, 4.69) is 21.7 Å². The molecule has 20 heavy (non-hydrogen) atoms. The minimum Gasteiger partial charge on any atom is -0.476 e. The maximum atomic E-state index is 5.92. The largest absolute Gasteiger partial charge is 0.476 e. The molecule has 3 rings (SSSR count). The summed E-state index contributed by atoms with van der Waals surface area (Å²) in [7, 11) is 0. The van der Waals surface area contributed by atoms with Gasteiger partial charge in [0.2, 0.25) is 5.88 Å². The fraction of sp³-hybridized carbons (Fsp3) is 0.667. The normalized spacial score (nSPS) is 20.1. The molecular formula is C15H24N4O. The van der Waals surface area contributed by atoms with Gasteiger partial charge in [0.05, 0.1) is 12.3 Å². The average Bonchev–Trinajstić information content (AvgIpc) is 3.31. The summed E-state index contributed by atoms with van der Waals surface area (Å²) in [6.45, 7) is 7.11. The summed E-state index contributed by atoms with van der Waals surface area (Å²) in [5, 5.41) is 0. The Kier molecular flexibility index (Phi) is 3.96. The molecule has 0 amide bonds. The quantitative estimate of drug-likeness (QED) is 0.887. The van der Waals surface area contributed by atoms with Crippen molar-refractivity contribution in [3.05, 3.63) is 12.1 Å². The monoisotopic (exact) mass is 276 g/mol. The van der Waals surface area contributed by atoms with Crippen LogP contribution in [0.2, 0.25) is 0 Å². The predicted octanol–water partition coefficient (Wildman–Crippen LogP) is 1.74. The van der Waals surface area contributed by atoms with E-state index in [4.69, 9.17) is 10.5 Å². The first-order chi connectivity index (χ1) is 9.78. The van der Waals surface area contributed by atoms with Crippen molar-refractivity contribution >= 4 is 11.5 Å². The minimum atomic E-state index is 0.578. The van der Waals surface area contributed by atoms with Crippen LogP contribution in [0, 0.1) is 0 Å². The van der Waals surface area contributed by atoms with Gasteiger partial charge in [-0.25, -0.2) is 0 Å². The Morgan fingerprint density at radius 2 is 2.00 bits per heavy atom. The fourth-order valence-electron chi connectivity index (χ4n) is 2.69. The summed E-state index contributed by atoms with van der Waals surface area (Å²) < 4.78 is 5.61. The van der Waals surface area contributed by atoms with Gasteiger partial charge in [-0.05, 0) is 31.4 Å². The Morgan fingerprint density at radius 1 is 1.25 bits per heavy atom. The highest BCUT2D eigenvalue weighted by atomic mass is 16.5. The first-order valence-corrected chi connectivity index (χ1v) is 7.66. The van der Waals surface area contributed by atoms with E-state index >= 15 is 0 Å². The number of nitrogen functional groups attached to an aromatic ring is 1. The second-order valence-corrected chi connectivity index (χ2v) is 5.67. The Hall–Kier alpha value is -1.49. The van der Waals surface area contributed by atoms with Crippen molar-refractivity contribution in [2.45, 2.75) is 32.2 Å². The molecule has 1 saturated carbocycles. The van der Waals surface area contributed by atoms with Gasteiger partial charge in [-0.2, -0.15) is 4.98 Å². The molecule has 5 nitrogen and oxygen atoms in total. The van der Waals surface area contributed by atoms with E-state index in [9.17, 15) is 0 Å². The number of anilines is 2. The van der Waals surface area contributed by atoms with E-state index in [1.54, 1.807) is 0 Å². The lowest BCUT2D eigenvalue weighted by Crippen LogP contribution is -2.47. The van der Waals surface area contributed by atoms with Crippen molar-refractivity contribution in [3.8, 4) is 5.88 Å². The van der Waals surface area contributed by atoms with Crippen LogP contribution in [0.1, 0.15) is 26.2 Å².